The van der Waals surface area contributed by atoms with Crippen molar-refractivity contribution < 1.29 is 0 Å². The minimum absolute atomic E-state index is 0.0323. The van der Waals surface area contributed by atoms with Crippen LogP contribution in [0, 0.1) is 0 Å². The zero-order chi connectivity index (χ0) is 12.2. The summed E-state index contributed by atoms with van der Waals surface area (Å²) in [7, 11) is 0. The van der Waals surface area contributed by atoms with Crippen molar-refractivity contribution in [3.05, 3.63) is 48.0 Å². The van der Waals surface area contributed by atoms with Crippen LogP contribution in [0.5, 0.6) is 0 Å². The van der Waals surface area contributed by atoms with Crippen LogP contribution in [-0.2, 0) is 5.41 Å². The molecule has 0 saturated heterocycles. The molecule has 1 aromatic carbocycles. The first-order valence-corrected chi connectivity index (χ1v) is 6.05. The van der Waals surface area contributed by atoms with Gasteiger partial charge in [-0.15, -0.1) is 0 Å². The molecule has 0 saturated carbocycles. The molecule has 88 valence electrons. The Hall–Kier alpha value is -1.08. The smallest absolute Gasteiger partial charge is 0.0346 e. The maximum atomic E-state index is 6.35. The Morgan fingerprint density at radius 3 is 2.12 bits per heavy atom. The fourth-order valence-corrected chi connectivity index (χ4v) is 2.52. The van der Waals surface area contributed by atoms with E-state index in [1.54, 1.807) is 0 Å². The second-order valence-electron chi connectivity index (χ2n) is 4.55. The third-order valence-electron chi connectivity index (χ3n) is 3.74. The van der Waals surface area contributed by atoms with E-state index in [1.165, 1.54) is 5.56 Å². The molecule has 0 radical (unpaired) electrons. The third-order valence-corrected chi connectivity index (χ3v) is 3.74. The molecule has 0 amide bonds. The zero-order valence-electron chi connectivity index (χ0n) is 10.7. The molecular formula is C15H23N. The molecule has 1 unspecified atom stereocenters. The summed E-state index contributed by atoms with van der Waals surface area (Å²) in [6.07, 6.45) is 2.09. The topological polar surface area (TPSA) is 26.0 Å². The normalized spacial score (nSPS) is 13.5. The van der Waals surface area contributed by atoms with E-state index in [-0.39, 0.29) is 11.5 Å². The molecule has 2 N–H and O–H groups in total. The molecule has 1 atom stereocenters. The SMILES string of the molecule is C=C(C)C(N)C(CC)(CC)c1ccccc1. The molecule has 0 heterocycles. The fourth-order valence-electron chi connectivity index (χ4n) is 2.52. The van der Waals surface area contributed by atoms with Gasteiger partial charge in [0.05, 0.1) is 0 Å². The Morgan fingerprint density at radius 2 is 1.75 bits per heavy atom. The van der Waals surface area contributed by atoms with Gasteiger partial charge >= 0.3 is 0 Å². The molecule has 0 aliphatic heterocycles. The number of rotatable bonds is 5. The summed E-state index contributed by atoms with van der Waals surface area (Å²) < 4.78 is 0. The molecule has 16 heavy (non-hydrogen) atoms. The highest BCUT2D eigenvalue weighted by atomic mass is 14.7. The second kappa shape index (κ2) is 5.31. The highest BCUT2D eigenvalue weighted by Gasteiger charge is 2.35. The number of hydrogen-bond acceptors (Lipinski definition) is 1. The van der Waals surface area contributed by atoms with Crippen LogP contribution in [0.15, 0.2) is 42.5 Å². The van der Waals surface area contributed by atoms with E-state index in [1.807, 2.05) is 13.0 Å². The Balaban J connectivity index is 3.21. The maximum Gasteiger partial charge on any atom is 0.0346 e. The molecule has 0 aliphatic rings. The summed E-state index contributed by atoms with van der Waals surface area (Å²) >= 11 is 0. The molecule has 0 aromatic heterocycles. The van der Waals surface area contributed by atoms with E-state index in [0.717, 1.165) is 18.4 Å². The van der Waals surface area contributed by atoms with Crippen LogP contribution in [0.25, 0.3) is 0 Å². The molecule has 0 bridgehead atoms. The lowest BCUT2D eigenvalue weighted by Gasteiger charge is -2.38. The van der Waals surface area contributed by atoms with Crippen molar-refractivity contribution in [3.63, 3.8) is 0 Å². The minimum atomic E-state index is 0.0323. The van der Waals surface area contributed by atoms with E-state index in [0.29, 0.717) is 0 Å². The average Bonchev–Trinajstić information content (AvgIpc) is 2.32. The molecular weight excluding hydrogens is 194 g/mol. The van der Waals surface area contributed by atoms with Gasteiger partial charge < -0.3 is 5.73 Å². The molecule has 1 heteroatoms. The van der Waals surface area contributed by atoms with Gasteiger partial charge in [-0.3, -0.25) is 0 Å². The van der Waals surface area contributed by atoms with Crippen LogP contribution in [0.4, 0.5) is 0 Å². The maximum absolute atomic E-state index is 6.35. The average molecular weight is 217 g/mol. The van der Waals surface area contributed by atoms with Crippen molar-refractivity contribution in [1.82, 2.24) is 0 Å². The van der Waals surface area contributed by atoms with Gasteiger partial charge in [0, 0.05) is 11.5 Å². The third kappa shape index (κ3) is 2.19. The van der Waals surface area contributed by atoms with Crippen LogP contribution in [0.2, 0.25) is 0 Å². The van der Waals surface area contributed by atoms with Gasteiger partial charge in [-0.1, -0.05) is 56.3 Å². The summed E-state index contributed by atoms with van der Waals surface area (Å²) in [4.78, 5) is 0. The Morgan fingerprint density at radius 1 is 1.25 bits per heavy atom. The van der Waals surface area contributed by atoms with Crippen molar-refractivity contribution in [2.24, 2.45) is 5.73 Å². The van der Waals surface area contributed by atoms with Crippen LogP contribution >= 0.6 is 0 Å². The largest absolute Gasteiger partial charge is 0.323 e. The van der Waals surface area contributed by atoms with Crippen molar-refractivity contribution >= 4 is 0 Å². The highest BCUT2D eigenvalue weighted by Crippen LogP contribution is 2.36. The molecule has 0 spiro atoms. The van der Waals surface area contributed by atoms with E-state index in [4.69, 9.17) is 5.73 Å². The Labute approximate surface area is 99.4 Å². The molecule has 1 nitrogen and oxygen atoms in total. The van der Waals surface area contributed by atoms with Crippen LogP contribution in [-0.4, -0.2) is 6.04 Å². The molecule has 1 aromatic rings. The van der Waals surface area contributed by atoms with Gasteiger partial charge in [-0.2, -0.15) is 0 Å². The van der Waals surface area contributed by atoms with Crippen molar-refractivity contribution in [2.45, 2.75) is 45.1 Å². The lowest BCUT2D eigenvalue weighted by atomic mass is 9.68. The van der Waals surface area contributed by atoms with Crippen LogP contribution in [0.3, 0.4) is 0 Å². The molecule has 1 rings (SSSR count). The summed E-state index contributed by atoms with van der Waals surface area (Å²) in [5.74, 6) is 0. The summed E-state index contributed by atoms with van der Waals surface area (Å²) in [5, 5.41) is 0. The monoisotopic (exact) mass is 217 g/mol. The van der Waals surface area contributed by atoms with Gasteiger partial charge in [-0.25, -0.2) is 0 Å². The van der Waals surface area contributed by atoms with E-state index >= 15 is 0 Å². The second-order valence-corrected chi connectivity index (χ2v) is 4.55. The van der Waals surface area contributed by atoms with Crippen LogP contribution in [0.1, 0.15) is 39.2 Å². The molecule has 0 aliphatic carbocycles. The molecule has 0 fully saturated rings. The first-order valence-electron chi connectivity index (χ1n) is 6.05. The summed E-state index contributed by atoms with van der Waals surface area (Å²) in [5.41, 5.74) is 8.78. The number of benzene rings is 1. The van der Waals surface area contributed by atoms with Gasteiger partial charge in [0.1, 0.15) is 0 Å². The van der Waals surface area contributed by atoms with Gasteiger partial charge in [0.25, 0.3) is 0 Å². The van der Waals surface area contributed by atoms with Crippen molar-refractivity contribution in [1.29, 1.82) is 0 Å². The standard InChI is InChI=1S/C15H23N/c1-5-15(6-2,14(16)12(3)4)13-10-8-7-9-11-13/h7-11,14H,3,5-6,16H2,1-2,4H3. The van der Waals surface area contributed by atoms with E-state index < -0.39 is 0 Å². The van der Waals surface area contributed by atoms with E-state index in [2.05, 4.69) is 44.7 Å². The van der Waals surface area contributed by atoms with Gasteiger partial charge in [-0.05, 0) is 25.3 Å². The predicted molar refractivity (Wildman–Crippen MR) is 71.5 cm³/mol. The first-order chi connectivity index (χ1) is 7.58. The van der Waals surface area contributed by atoms with Crippen molar-refractivity contribution in [2.75, 3.05) is 0 Å². The highest BCUT2D eigenvalue weighted by molar-refractivity contribution is 5.31. The first kappa shape index (κ1) is 13.0. The van der Waals surface area contributed by atoms with Gasteiger partial charge in [0.2, 0.25) is 0 Å². The number of hydrogen-bond donors (Lipinski definition) is 1. The number of nitrogens with two attached hydrogens (primary N) is 1. The Kier molecular flexibility index (Phi) is 4.31. The summed E-state index contributed by atoms with van der Waals surface area (Å²) in [6, 6.07) is 10.6. The minimum Gasteiger partial charge on any atom is -0.323 e. The zero-order valence-corrected chi connectivity index (χ0v) is 10.7. The lowest BCUT2D eigenvalue weighted by molar-refractivity contribution is 0.346. The Bertz CT molecular complexity index is 336. The van der Waals surface area contributed by atoms with Gasteiger partial charge in [0.15, 0.2) is 0 Å². The fraction of sp³-hybridized carbons (Fsp3) is 0.467. The predicted octanol–water partition coefficient (Wildman–Crippen LogP) is 3.65. The summed E-state index contributed by atoms with van der Waals surface area (Å²) in [6.45, 7) is 10.5. The van der Waals surface area contributed by atoms with Crippen LogP contribution < -0.4 is 5.73 Å². The van der Waals surface area contributed by atoms with E-state index in [9.17, 15) is 0 Å². The lowest BCUT2D eigenvalue weighted by Crippen LogP contribution is -2.45. The quantitative estimate of drug-likeness (QED) is 0.749. The van der Waals surface area contributed by atoms with Crippen molar-refractivity contribution in [3.8, 4) is 0 Å².